The van der Waals surface area contributed by atoms with Gasteiger partial charge < -0.3 is 4.74 Å². The SMILES string of the molecule is Cc1ccc(Cl)c(N2CCC(=O)N(COC(=O)C(C)(C)C)C2=O)c1. The first-order valence-corrected chi connectivity index (χ1v) is 8.04. The van der Waals surface area contributed by atoms with E-state index in [1.54, 1.807) is 32.9 Å². The predicted octanol–water partition coefficient (Wildman–Crippen LogP) is 3.35. The Morgan fingerprint density at radius 3 is 2.58 bits per heavy atom. The van der Waals surface area contributed by atoms with Crippen molar-refractivity contribution in [3.05, 3.63) is 28.8 Å². The van der Waals surface area contributed by atoms with E-state index in [9.17, 15) is 14.4 Å². The summed E-state index contributed by atoms with van der Waals surface area (Å²) in [6.07, 6.45) is 0.142. The highest BCUT2D eigenvalue weighted by atomic mass is 35.5. The van der Waals surface area contributed by atoms with E-state index in [4.69, 9.17) is 16.3 Å². The first-order chi connectivity index (χ1) is 11.1. The molecule has 3 amide bonds. The van der Waals surface area contributed by atoms with Gasteiger partial charge in [0.2, 0.25) is 5.91 Å². The third kappa shape index (κ3) is 3.87. The minimum atomic E-state index is -0.707. The molecule has 0 atom stereocenters. The Morgan fingerprint density at radius 2 is 1.96 bits per heavy atom. The Morgan fingerprint density at radius 1 is 1.29 bits per heavy atom. The van der Waals surface area contributed by atoms with Crippen LogP contribution in [0.15, 0.2) is 18.2 Å². The van der Waals surface area contributed by atoms with Crippen molar-refractivity contribution in [2.24, 2.45) is 5.41 Å². The Kier molecular flexibility index (Phi) is 5.18. The topological polar surface area (TPSA) is 66.9 Å². The van der Waals surface area contributed by atoms with Crippen molar-refractivity contribution in [3.63, 3.8) is 0 Å². The number of nitrogens with zero attached hydrogens (tertiary/aromatic N) is 2. The molecule has 1 saturated heterocycles. The summed E-state index contributed by atoms with van der Waals surface area (Å²) in [6.45, 7) is 6.84. The Bertz CT molecular complexity index is 682. The number of rotatable bonds is 3. The van der Waals surface area contributed by atoms with E-state index in [-0.39, 0.29) is 18.9 Å². The van der Waals surface area contributed by atoms with Gasteiger partial charge >= 0.3 is 12.0 Å². The number of halogens is 1. The maximum Gasteiger partial charge on any atom is 0.334 e. The molecular weight excluding hydrogens is 332 g/mol. The minimum Gasteiger partial charge on any atom is -0.443 e. The van der Waals surface area contributed by atoms with Gasteiger partial charge in [0, 0.05) is 13.0 Å². The van der Waals surface area contributed by atoms with Crippen LogP contribution in [0.1, 0.15) is 32.8 Å². The van der Waals surface area contributed by atoms with E-state index in [1.165, 1.54) is 4.90 Å². The Balaban J connectivity index is 2.18. The van der Waals surface area contributed by atoms with E-state index in [1.807, 2.05) is 13.0 Å². The molecule has 0 unspecified atom stereocenters. The number of amides is 3. The van der Waals surface area contributed by atoms with Crippen LogP contribution in [-0.2, 0) is 14.3 Å². The summed E-state index contributed by atoms with van der Waals surface area (Å²) in [6, 6.07) is 4.80. The molecule has 0 aliphatic carbocycles. The average Bonchev–Trinajstić information content (AvgIpc) is 2.49. The molecule has 1 aromatic rings. The summed E-state index contributed by atoms with van der Waals surface area (Å²) >= 11 is 6.18. The van der Waals surface area contributed by atoms with Gasteiger partial charge in [0.15, 0.2) is 6.73 Å². The summed E-state index contributed by atoms with van der Waals surface area (Å²) < 4.78 is 5.11. The van der Waals surface area contributed by atoms with Gasteiger partial charge in [0.25, 0.3) is 0 Å². The third-order valence-corrected chi connectivity index (χ3v) is 3.96. The quantitative estimate of drug-likeness (QED) is 0.782. The van der Waals surface area contributed by atoms with Gasteiger partial charge in [-0.3, -0.25) is 14.5 Å². The first-order valence-electron chi connectivity index (χ1n) is 7.66. The van der Waals surface area contributed by atoms with Crippen LogP contribution < -0.4 is 4.90 Å². The largest absolute Gasteiger partial charge is 0.443 e. The average molecular weight is 353 g/mol. The molecular formula is C17H21ClN2O4. The van der Waals surface area contributed by atoms with Gasteiger partial charge in [-0.25, -0.2) is 9.69 Å². The van der Waals surface area contributed by atoms with Gasteiger partial charge in [-0.05, 0) is 45.4 Å². The summed E-state index contributed by atoms with van der Waals surface area (Å²) in [4.78, 5) is 38.9. The second-order valence-corrected chi connectivity index (χ2v) is 7.18. The number of imide groups is 1. The lowest BCUT2D eigenvalue weighted by Gasteiger charge is -2.34. The zero-order chi connectivity index (χ0) is 18.1. The molecule has 1 heterocycles. The van der Waals surface area contributed by atoms with Crippen LogP contribution in [0.3, 0.4) is 0 Å². The molecule has 1 aliphatic rings. The summed E-state index contributed by atoms with van der Waals surface area (Å²) in [7, 11) is 0. The molecule has 6 nitrogen and oxygen atoms in total. The van der Waals surface area contributed by atoms with Gasteiger partial charge in [0.05, 0.1) is 16.1 Å². The molecule has 130 valence electrons. The number of hydrogen-bond acceptors (Lipinski definition) is 4. The molecule has 0 radical (unpaired) electrons. The molecule has 24 heavy (non-hydrogen) atoms. The summed E-state index contributed by atoms with van der Waals surface area (Å²) in [5, 5.41) is 0.426. The van der Waals surface area contributed by atoms with Crippen molar-refractivity contribution in [2.45, 2.75) is 34.1 Å². The van der Waals surface area contributed by atoms with Crippen LogP contribution in [0.2, 0.25) is 5.02 Å². The van der Waals surface area contributed by atoms with E-state index in [0.717, 1.165) is 10.5 Å². The van der Waals surface area contributed by atoms with Crippen molar-refractivity contribution in [3.8, 4) is 0 Å². The van der Waals surface area contributed by atoms with Crippen LogP contribution in [0, 0.1) is 12.3 Å². The molecule has 7 heteroatoms. The predicted molar refractivity (Wildman–Crippen MR) is 90.8 cm³/mol. The molecule has 0 N–H and O–H groups in total. The monoisotopic (exact) mass is 352 g/mol. The molecule has 0 bridgehead atoms. The number of urea groups is 1. The fourth-order valence-corrected chi connectivity index (χ4v) is 2.43. The second kappa shape index (κ2) is 6.81. The molecule has 1 aromatic carbocycles. The number of anilines is 1. The van der Waals surface area contributed by atoms with Gasteiger partial charge in [-0.1, -0.05) is 17.7 Å². The highest BCUT2D eigenvalue weighted by molar-refractivity contribution is 6.34. The van der Waals surface area contributed by atoms with Gasteiger partial charge in [-0.15, -0.1) is 0 Å². The summed E-state index contributed by atoms with van der Waals surface area (Å²) in [5.74, 6) is -0.851. The van der Waals surface area contributed by atoms with E-state index in [2.05, 4.69) is 0 Å². The molecule has 1 fully saturated rings. The van der Waals surface area contributed by atoms with E-state index < -0.39 is 24.1 Å². The van der Waals surface area contributed by atoms with Gasteiger partial charge in [0.1, 0.15) is 0 Å². The number of benzene rings is 1. The number of ether oxygens (including phenoxy) is 1. The fourth-order valence-electron chi connectivity index (χ4n) is 2.21. The van der Waals surface area contributed by atoms with Crippen LogP contribution in [-0.4, -0.2) is 36.1 Å². The lowest BCUT2D eigenvalue weighted by Crippen LogP contribution is -2.53. The number of hydrogen-bond donors (Lipinski definition) is 0. The molecule has 0 saturated carbocycles. The number of aryl methyl sites for hydroxylation is 1. The van der Waals surface area contributed by atoms with Crippen LogP contribution in [0.25, 0.3) is 0 Å². The van der Waals surface area contributed by atoms with Gasteiger partial charge in [-0.2, -0.15) is 0 Å². The standard InChI is InChI=1S/C17H21ClN2O4/c1-11-5-6-12(18)13(9-11)19-8-7-14(21)20(16(19)23)10-24-15(22)17(2,3)4/h5-6,9H,7-8,10H2,1-4H3. The zero-order valence-corrected chi connectivity index (χ0v) is 15.0. The highest BCUT2D eigenvalue weighted by Gasteiger charge is 2.35. The van der Waals surface area contributed by atoms with E-state index >= 15 is 0 Å². The molecule has 0 spiro atoms. The summed E-state index contributed by atoms with van der Waals surface area (Å²) in [5.41, 5.74) is 0.785. The molecule has 1 aliphatic heterocycles. The van der Waals surface area contributed by atoms with Crippen molar-refractivity contribution in [1.29, 1.82) is 0 Å². The van der Waals surface area contributed by atoms with Crippen LogP contribution >= 0.6 is 11.6 Å². The smallest absolute Gasteiger partial charge is 0.334 e. The number of carbonyl (C=O) groups is 3. The highest BCUT2D eigenvalue weighted by Crippen LogP contribution is 2.30. The van der Waals surface area contributed by atoms with Crippen molar-refractivity contribution >= 4 is 35.2 Å². The normalized spacial score (nSPS) is 15.7. The molecule has 2 rings (SSSR count). The van der Waals surface area contributed by atoms with Crippen LogP contribution in [0.5, 0.6) is 0 Å². The van der Waals surface area contributed by atoms with Crippen LogP contribution in [0.4, 0.5) is 10.5 Å². The van der Waals surface area contributed by atoms with Crippen molar-refractivity contribution in [2.75, 3.05) is 18.2 Å². The first kappa shape index (κ1) is 18.3. The Hall–Kier alpha value is -2.08. The van der Waals surface area contributed by atoms with Crippen molar-refractivity contribution < 1.29 is 19.1 Å². The number of carbonyl (C=O) groups excluding carboxylic acids is 3. The second-order valence-electron chi connectivity index (χ2n) is 6.77. The Labute approximate surface area is 146 Å². The van der Waals surface area contributed by atoms with E-state index in [0.29, 0.717) is 10.7 Å². The minimum absolute atomic E-state index is 0.142. The molecule has 0 aromatic heterocycles. The zero-order valence-electron chi connectivity index (χ0n) is 14.3. The fraction of sp³-hybridized carbons (Fsp3) is 0.471. The lowest BCUT2D eigenvalue weighted by atomic mass is 9.98. The maximum absolute atomic E-state index is 12.6. The number of esters is 1. The third-order valence-electron chi connectivity index (χ3n) is 3.64. The lowest BCUT2D eigenvalue weighted by molar-refractivity contribution is -0.158. The maximum atomic E-state index is 12.6. The van der Waals surface area contributed by atoms with Crippen molar-refractivity contribution in [1.82, 2.24) is 4.90 Å².